The molecule has 2 rings (SSSR count). The molecule has 0 fully saturated rings. The molecule has 0 amide bonds. The van der Waals surface area contributed by atoms with Crippen LogP contribution in [0.5, 0.6) is 0 Å². The average molecular weight is 252 g/mol. The minimum absolute atomic E-state index is 0.280. The maximum atomic E-state index is 10.4. The summed E-state index contributed by atoms with van der Waals surface area (Å²) in [5.41, 5.74) is 0.847. The molecule has 0 aliphatic carbocycles. The van der Waals surface area contributed by atoms with E-state index in [1.165, 1.54) is 0 Å². The highest BCUT2D eigenvalue weighted by Crippen LogP contribution is 2.06. The van der Waals surface area contributed by atoms with E-state index < -0.39 is 10.1 Å². The van der Waals surface area contributed by atoms with E-state index in [9.17, 15) is 13.0 Å². The zero-order chi connectivity index (χ0) is 12.3. The number of rotatable bonds is 4. The van der Waals surface area contributed by atoms with Crippen molar-refractivity contribution in [2.45, 2.75) is 13.0 Å². The van der Waals surface area contributed by atoms with Crippen LogP contribution in [0, 0.1) is 0 Å². The monoisotopic (exact) mass is 252 g/mol. The Morgan fingerprint density at radius 1 is 1.24 bits per heavy atom. The van der Waals surface area contributed by atoms with E-state index in [2.05, 4.69) is 5.10 Å². The number of aromatic nitrogens is 2. The summed E-state index contributed by atoms with van der Waals surface area (Å²) >= 11 is 0. The van der Waals surface area contributed by atoms with Crippen LogP contribution in [0.4, 0.5) is 0 Å². The van der Waals surface area contributed by atoms with Crippen LogP contribution >= 0.6 is 0 Å². The predicted octanol–water partition coefficient (Wildman–Crippen LogP) is 0.458. The third kappa shape index (κ3) is 3.47. The summed E-state index contributed by atoms with van der Waals surface area (Å²) in [6, 6.07) is 9.57. The number of aryl methyl sites for hydroxylation is 1. The van der Waals surface area contributed by atoms with E-state index in [4.69, 9.17) is 0 Å². The van der Waals surface area contributed by atoms with Crippen molar-refractivity contribution in [3.8, 4) is 0 Å². The van der Waals surface area contributed by atoms with Gasteiger partial charge in [-0.3, -0.25) is 0 Å². The third-order valence-corrected chi connectivity index (χ3v) is 3.17. The van der Waals surface area contributed by atoms with Crippen molar-refractivity contribution in [3.05, 3.63) is 36.5 Å². The number of benzene rings is 1. The van der Waals surface area contributed by atoms with E-state index in [1.54, 1.807) is 10.9 Å². The first kappa shape index (κ1) is 11.9. The normalized spacial score (nSPS) is 11.8. The summed E-state index contributed by atoms with van der Waals surface area (Å²) in [5.74, 6) is -0.353. The van der Waals surface area contributed by atoms with Gasteiger partial charge in [-0.1, -0.05) is 22.9 Å². The molecule has 1 heterocycles. The van der Waals surface area contributed by atoms with Gasteiger partial charge in [-0.2, -0.15) is 0 Å². The molecule has 0 spiro atoms. The van der Waals surface area contributed by atoms with Crippen molar-refractivity contribution < 1.29 is 17.7 Å². The van der Waals surface area contributed by atoms with Crippen molar-refractivity contribution in [1.82, 2.24) is 5.10 Å². The number of hydrogen-bond acceptors (Lipinski definition) is 4. The molecule has 6 heteroatoms. The van der Waals surface area contributed by atoms with Crippen LogP contribution in [0.15, 0.2) is 36.5 Å². The molecule has 17 heavy (non-hydrogen) atoms. The van der Waals surface area contributed by atoms with Crippen molar-refractivity contribution in [2.24, 2.45) is 0 Å². The molecule has 0 saturated carbocycles. The van der Waals surface area contributed by atoms with Crippen molar-refractivity contribution in [3.63, 3.8) is 0 Å². The van der Waals surface area contributed by atoms with Crippen molar-refractivity contribution in [2.75, 3.05) is 5.75 Å². The molecule has 90 valence electrons. The summed E-state index contributed by atoms with van der Waals surface area (Å²) in [6.45, 7) is 0.423. The molecule has 0 aliphatic heterocycles. The first-order chi connectivity index (χ1) is 8.04. The fraction of sp³-hybridized carbons (Fsp3) is 0.273. The van der Waals surface area contributed by atoms with E-state index in [0.29, 0.717) is 6.54 Å². The Balaban J connectivity index is 2.09. The Bertz CT molecular complexity index is 625. The highest BCUT2D eigenvalue weighted by molar-refractivity contribution is 7.85. The molecular weight excluding hydrogens is 240 g/mol. The van der Waals surface area contributed by atoms with Gasteiger partial charge in [-0.15, -0.1) is 0 Å². The fourth-order valence-electron chi connectivity index (χ4n) is 1.59. The Morgan fingerprint density at radius 2 is 2.00 bits per heavy atom. The first-order valence-corrected chi connectivity index (χ1v) is 6.81. The lowest BCUT2D eigenvalue weighted by Gasteiger charge is -2.03. The standard InChI is InChI=1S/C11H12N2O3S/c14-17(15,16)9-3-7-13-8-6-10-4-1-2-5-11(10)12-13/h1-2,4-6,8H,3,7,9H2. The maximum absolute atomic E-state index is 10.4. The van der Waals surface area contributed by atoms with Gasteiger partial charge in [0, 0.05) is 28.7 Å². The molecule has 2 aromatic rings. The third-order valence-electron chi connectivity index (χ3n) is 2.38. The molecule has 1 aromatic heterocycles. The van der Waals surface area contributed by atoms with Crippen LogP contribution in [-0.4, -0.2) is 23.8 Å². The molecule has 0 atom stereocenters. The van der Waals surface area contributed by atoms with Gasteiger partial charge in [-0.25, -0.2) is 8.42 Å². The Morgan fingerprint density at radius 3 is 2.76 bits per heavy atom. The predicted molar refractivity (Wildman–Crippen MR) is 61.1 cm³/mol. The molecule has 1 aromatic carbocycles. The lowest BCUT2D eigenvalue weighted by Crippen LogP contribution is -2.38. The Labute approximate surface area is 99.5 Å². The van der Waals surface area contributed by atoms with E-state index in [-0.39, 0.29) is 12.2 Å². The van der Waals surface area contributed by atoms with Crippen molar-refractivity contribution >= 4 is 21.0 Å². The number of fused-ring (bicyclic) bond motifs is 1. The first-order valence-electron chi connectivity index (χ1n) is 5.24. The minimum atomic E-state index is -4.13. The van der Waals surface area contributed by atoms with Crippen LogP contribution in [0.1, 0.15) is 6.42 Å². The van der Waals surface area contributed by atoms with E-state index >= 15 is 0 Å². The average Bonchev–Trinajstić information content (AvgIpc) is 2.27. The van der Waals surface area contributed by atoms with Gasteiger partial charge in [0.25, 0.3) is 0 Å². The molecule has 0 unspecified atom stereocenters. The van der Waals surface area contributed by atoms with E-state index in [1.807, 2.05) is 30.3 Å². The molecule has 0 N–H and O–H groups in total. The Kier molecular flexibility index (Phi) is 3.35. The number of nitrogens with zero attached hydrogens (tertiary/aromatic N) is 2. The van der Waals surface area contributed by atoms with Gasteiger partial charge in [0.2, 0.25) is 0 Å². The number of hydrogen-bond donors (Lipinski definition) is 0. The second-order valence-corrected chi connectivity index (χ2v) is 5.28. The summed E-state index contributed by atoms with van der Waals surface area (Å²) in [7, 11) is -4.13. The molecular formula is C11H12N2O3S. The van der Waals surface area contributed by atoms with Crippen LogP contribution in [0.2, 0.25) is 0 Å². The van der Waals surface area contributed by atoms with Crippen LogP contribution in [0.25, 0.3) is 10.9 Å². The summed E-state index contributed by atoms with van der Waals surface area (Å²) < 4.78 is 33.0. The zero-order valence-corrected chi connectivity index (χ0v) is 9.93. The summed E-state index contributed by atoms with van der Waals surface area (Å²) in [5, 5.41) is 5.34. The lowest BCUT2D eigenvalue weighted by atomic mass is 10.2. The minimum Gasteiger partial charge on any atom is -0.748 e. The van der Waals surface area contributed by atoms with Crippen molar-refractivity contribution in [1.29, 1.82) is 0 Å². The molecule has 0 saturated heterocycles. The highest BCUT2D eigenvalue weighted by atomic mass is 32.2. The van der Waals surface area contributed by atoms with Gasteiger partial charge >= 0.3 is 0 Å². The van der Waals surface area contributed by atoms with Gasteiger partial charge in [0.15, 0.2) is 12.7 Å². The summed E-state index contributed by atoms with van der Waals surface area (Å²) in [4.78, 5) is 0. The highest BCUT2D eigenvalue weighted by Gasteiger charge is 2.05. The SMILES string of the molecule is O=S(=O)([O-])CCC[n+]1ccc2ccccc2n1. The maximum Gasteiger partial charge on any atom is 0.196 e. The molecule has 5 nitrogen and oxygen atoms in total. The second-order valence-electron chi connectivity index (χ2n) is 3.75. The molecule has 0 bridgehead atoms. The van der Waals surface area contributed by atoms with Gasteiger partial charge < -0.3 is 4.55 Å². The van der Waals surface area contributed by atoms with Gasteiger partial charge in [0.1, 0.15) is 5.52 Å². The van der Waals surface area contributed by atoms with Crippen LogP contribution < -0.4 is 4.68 Å². The molecule has 0 aliphatic rings. The van der Waals surface area contributed by atoms with Gasteiger partial charge in [-0.05, 0) is 6.07 Å². The topological polar surface area (TPSA) is 74.0 Å². The second kappa shape index (κ2) is 4.77. The smallest absolute Gasteiger partial charge is 0.196 e. The lowest BCUT2D eigenvalue weighted by molar-refractivity contribution is -0.751. The largest absolute Gasteiger partial charge is 0.748 e. The quantitative estimate of drug-likeness (QED) is 0.585. The fourth-order valence-corrected chi connectivity index (χ4v) is 2.07. The van der Waals surface area contributed by atoms with Crippen LogP contribution in [0.3, 0.4) is 0 Å². The van der Waals surface area contributed by atoms with E-state index in [0.717, 1.165) is 10.9 Å². The summed E-state index contributed by atoms with van der Waals surface area (Å²) in [6.07, 6.45) is 2.06. The Hall–Kier alpha value is -1.53. The zero-order valence-electron chi connectivity index (χ0n) is 9.11. The van der Waals surface area contributed by atoms with Crippen LogP contribution in [-0.2, 0) is 16.7 Å². The molecule has 0 radical (unpaired) electrons. The van der Waals surface area contributed by atoms with Gasteiger partial charge in [0.05, 0.1) is 10.1 Å².